The molecule has 2 aliphatic rings. The van der Waals surface area contributed by atoms with E-state index < -0.39 is 0 Å². The van der Waals surface area contributed by atoms with Crippen LogP contribution in [-0.2, 0) is 0 Å². The fourth-order valence-electron chi connectivity index (χ4n) is 2.44. The van der Waals surface area contributed by atoms with E-state index in [0.717, 1.165) is 23.6 Å². The SMILES string of the molecule is CCC(CC)C1CN=C(NC(C)C2CC2)S1. The maximum Gasteiger partial charge on any atom is 0.157 e. The average molecular weight is 240 g/mol. The minimum absolute atomic E-state index is 0.631. The maximum absolute atomic E-state index is 4.65. The van der Waals surface area contributed by atoms with Gasteiger partial charge in [-0.15, -0.1) is 0 Å². The molecule has 2 rings (SSSR count). The largest absolute Gasteiger partial charge is 0.362 e. The number of thioether (sulfide) groups is 1. The zero-order chi connectivity index (χ0) is 11.5. The molecule has 1 aliphatic heterocycles. The molecule has 92 valence electrons. The summed E-state index contributed by atoms with van der Waals surface area (Å²) in [5.74, 6) is 1.75. The van der Waals surface area contributed by atoms with Gasteiger partial charge in [-0.1, -0.05) is 38.5 Å². The Labute approximate surface area is 104 Å². The lowest BCUT2D eigenvalue weighted by Gasteiger charge is -2.19. The quantitative estimate of drug-likeness (QED) is 0.797. The molecule has 1 saturated carbocycles. The van der Waals surface area contributed by atoms with Crippen molar-refractivity contribution >= 4 is 16.9 Å². The minimum Gasteiger partial charge on any atom is -0.362 e. The Morgan fingerprint density at radius 1 is 1.38 bits per heavy atom. The summed E-state index contributed by atoms with van der Waals surface area (Å²) in [5.41, 5.74) is 0. The summed E-state index contributed by atoms with van der Waals surface area (Å²) < 4.78 is 0. The van der Waals surface area contributed by atoms with Gasteiger partial charge in [0.15, 0.2) is 5.17 Å². The lowest BCUT2D eigenvalue weighted by molar-refractivity contribution is 0.479. The average Bonchev–Trinajstić information content (AvgIpc) is 3.04. The lowest BCUT2D eigenvalue weighted by atomic mass is 9.99. The van der Waals surface area contributed by atoms with Crippen LogP contribution in [0.5, 0.6) is 0 Å². The molecular formula is C13H24N2S. The highest BCUT2D eigenvalue weighted by Crippen LogP contribution is 2.34. The molecule has 16 heavy (non-hydrogen) atoms. The molecule has 0 aromatic carbocycles. The van der Waals surface area contributed by atoms with Crippen molar-refractivity contribution in [1.29, 1.82) is 0 Å². The molecule has 3 heteroatoms. The maximum atomic E-state index is 4.65. The Morgan fingerprint density at radius 3 is 2.62 bits per heavy atom. The summed E-state index contributed by atoms with van der Waals surface area (Å²) in [6.07, 6.45) is 5.38. The van der Waals surface area contributed by atoms with Gasteiger partial charge in [0.1, 0.15) is 0 Å². The van der Waals surface area contributed by atoms with E-state index >= 15 is 0 Å². The lowest BCUT2D eigenvalue weighted by Crippen LogP contribution is -2.32. The number of nitrogens with zero attached hydrogens (tertiary/aromatic N) is 1. The van der Waals surface area contributed by atoms with Crippen LogP contribution in [0.15, 0.2) is 4.99 Å². The molecule has 0 aromatic rings. The molecule has 2 nitrogen and oxygen atoms in total. The summed E-state index contributed by atoms with van der Waals surface area (Å²) in [4.78, 5) is 4.65. The summed E-state index contributed by atoms with van der Waals surface area (Å²) >= 11 is 1.98. The Bertz CT molecular complexity index is 257. The molecule has 1 heterocycles. The zero-order valence-corrected chi connectivity index (χ0v) is 11.5. The van der Waals surface area contributed by atoms with Crippen LogP contribution in [-0.4, -0.2) is 23.0 Å². The van der Waals surface area contributed by atoms with E-state index in [1.54, 1.807) is 0 Å². The highest BCUT2D eigenvalue weighted by molar-refractivity contribution is 8.14. The smallest absolute Gasteiger partial charge is 0.157 e. The van der Waals surface area contributed by atoms with Crippen LogP contribution in [0.25, 0.3) is 0 Å². The summed E-state index contributed by atoms with van der Waals surface area (Å²) in [5, 5.41) is 5.52. The van der Waals surface area contributed by atoms with Gasteiger partial charge in [-0.2, -0.15) is 0 Å². The molecule has 0 bridgehead atoms. The molecule has 2 unspecified atom stereocenters. The fourth-order valence-corrected chi connectivity index (χ4v) is 3.86. The van der Waals surface area contributed by atoms with Gasteiger partial charge in [0.05, 0.1) is 6.54 Å². The van der Waals surface area contributed by atoms with Gasteiger partial charge in [0, 0.05) is 11.3 Å². The highest BCUT2D eigenvalue weighted by Gasteiger charge is 2.31. The summed E-state index contributed by atoms with van der Waals surface area (Å²) in [7, 11) is 0. The van der Waals surface area contributed by atoms with Gasteiger partial charge in [-0.25, -0.2) is 0 Å². The van der Waals surface area contributed by atoms with Gasteiger partial charge >= 0.3 is 0 Å². The number of hydrogen-bond donors (Lipinski definition) is 1. The van der Waals surface area contributed by atoms with Crippen molar-refractivity contribution in [3.05, 3.63) is 0 Å². The van der Waals surface area contributed by atoms with Crippen molar-refractivity contribution in [1.82, 2.24) is 5.32 Å². The van der Waals surface area contributed by atoms with Gasteiger partial charge < -0.3 is 5.32 Å². The number of hydrogen-bond acceptors (Lipinski definition) is 3. The van der Waals surface area contributed by atoms with E-state index in [9.17, 15) is 0 Å². The normalized spacial score (nSPS) is 27.0. The summed E-state index contributed by atoms with van der Waals surface area (Å²) in [6.45, 7) is 7.92. The third-order valence-electron chi connectivity index (χ3n) is 3.93. The van der Waals surface area contributed by atoms with Crippen molar-refractivity contribution < 1.29 is 0 Å². The number of rotatable bonds is 5. The second-order valence-corrected chi connectivity index (χ2v) is 6.38. The van der Waals surface area contributed by atoms with Gasteiger partial charge in [-0.3, -0.25) is 4.99 Å². The van der Waals surface area contributed by atoms with Gasteiger partial charge in [0.25, 0.3) is 0 Å². The van der Waals surface area contributed by atoms with Crippen molar-refractivity contribution in [2.45, 2.75) is 57.7 Å². The first-order valence-corrected chi connectivity index (χ1v) is 7.60. The van der Waals surface area contributed by atoms with Crippen LogP contribution in [0.2, 0.25) is 0 Å². The minimum atomic E-state index is 0.631. The molecule has 1 aliphatic carbocycles. The van der Waals surface area contributed by atoms with E-state index in [1.807, 2.05) is 11.8 Å². The fraction of sp³-hybridized carbons (Fsp3) is 0.923. The Morgan fingerprint density at radius 2 is 2.06 bits per heavy atom. The number of amidine groups is 1. The van der Waals surface area contributed by atoms with Crippen LogP contribution < -0.4 is 5.32 Å². The molecule has 0 amide bonds. The Balaban J connectivity index is 1.77. The molecule has 1 fully saturated rings. The van der Waals surface area contributed by atoms with Crippen molar-refractivity contribution in [2.24, 2.45) is 16.8 Å². The third kappa shape index (κ3) is 2.93. The van der Waals surface area contributed by atoms with Gasteiger partial charge in [-0.05, 0) is 31.6 Å². The highest BCUT2D eigenvalue weighted by atomic mass is 32.2. The molecular weight excluding hydrogens is 216 g/mol. The Kier molecular flexibility index (Phi) is 4.17. The van der Waals surface area contributed by atoms with Crippen LogP contribution in [0, 0.1) is 11.8 Å². The topological polar surface area (TPSA) is 24.4 Å². The first-order chi connectivity index (χ1) is 7.74. The zero-order valence-electron chi connectivity index (χ0n) is 10.7. The second-order valence-electron chi connectivity index (χ2n) is 5.15. The van der Waals surface area contributed by atoms with Crippen LogP contribution in [0.3, 0.4) is 0 Å². The van der Waals surface area contributed by atoms with Crippen molar-refractivity contribution in [2.75, 3.05) is 6.54 Å². The molecule has 0 saturated heterocycles. The monoisotopic (exact) mass is 240 g/mol. The van der Waals surface area contributed by atoms with Gasteiger partial charge in [0.2, 0.25) is 0 Å². The predicted molar refractivity (Wildman–Crippen MR) is 73.1 cm³/mol. The van der Waals surface area contributed by atoms with Crippen LogP contribution in [0.4, 0.5) is 0 Å². The Hall–Kier alpha value is -0.180. The van der Waals surface area contributed by atoms with Crippen molar-refractivity contribution in [3.8, 4) is 0 Å². The molecule has 0 radical (unpaired) electrons. The van der Waals surface area contributed by atoms with E-state index in [0.29, 0.717) is 6.04 Å². The predicted octanol–water partition coefficient (Wildman–Crippen LogP) is 3.28. The van der Waals surface area contributed by atoms with E-state index in [4.69, 9.17) is 0 Å². The third-order valence-corrected chi connectivity index (χ3v) is 5.24. The van der Waals surface area contributed by atoms with Crippen LogP contribution in [0.1, 0.15) is 46.5 Å². The first-order valence-electron chi connectivity index (χ1n) is 6.72. The summed E-state index contributed by atoms with van der Waals surface area (Å²) in [6, 6.07) is 0.631. The van der Waals surface area contributed by atoms with Crippen LogP contribution >= 0.6 is 11.8 Å². The molecule has 1 N–H and O–H groups in total. The van der Waals surface area contributed by atoms with E-state index in [1.165, 1.54) is 30.9 Å². The van der Waals surface area contributed by atoms with Crippen molar-refractivity contribution in [3.63, 3.8) is 0 Å². The number of nitrogens with one attached hydrogen (secondary N) is 1. The van der Waals surface area contributed by atoms with E-state index in [-0.39, 0.29) is 0 Å². The molecule has 0 spiro atoms. The molecule has 0 aromatic heterocycles. The standard InChI is InChI=1S/C13H24N2S/c1-4-10(5-2)12-8-14-13(16-12)15-9(3)11-6-7-11/h9-12H,4-8H2,1-3H3,(H,14,15). The second kappa shape index (κ2) is 5.44. The van der Waals surface area contributed by atoms with E-state index in [2.05, 4.69) is 31.1 Å². The number of aliphatic imine (C=N–C) groups is 1. The first kappa shape index (κ1) is 12.3. The molecule has 2 atom stereocenters.